The van der Waals surface area contributed by atoms with Crippen LogP contribution in [0.25, 0.3) is 0 Å². The van der Waals surface area contributed by atoms with Gasteiger partial charge in [-0.25, -0.2) is 0 Å². The maximum absolute atomic E-state index is 12.5. The van der Waals surface area contributed by atoms with Crippen LogP contribution in [0, 0.1) is 21.4 Å². The van der Waals surface area contributed by atoms with Crippen molar-refractivity contribution in [2.45, 2.75) is 45.2 Å². The normalized spacial score (nSPS) is 17.6. The number of carbonyl (C=O) groups is 1. The summed E-state index contributed by atoms with van der Waals surface area (Å²) in [5, 5.41) is 19.8. The van der Waals surface area contributed by atoms with Crippen molar-refractivity contribution >= 4 is 11.6 Å². The molecule has 1 amide bonds. The van der Waals surface area contributed by atoms with Crippen LogP contribution in [-0.4, -0.2) is 32.9 Å². The third-order valence-electron chi connectivity index (χ3n) is 4.13. The van der Waals surface area contributed by atoms with Crippen LogP contribution in [0.2, 0.25) is 0 Å². The number of aromatic nitrogens is 1. The van der Waals surface area contributed by atoms with E-state index in [1.54, 1.807) is 11.0 Å². The van der Waals surface area contributed by atoms with E-state index in [4.69, 9.17) is 5.26 Å². The summed E-state index contributed by atoms with van der Waals surface area (Å²) < 4.78 is 0.959. The molecule has 1 aromatic rings. The molecule has 1 atom stereocenters. The highest BCUT2D eigenvalue weighted by Gasteiger charge is 2.26. The Morgan fingerprint density at radius 3 is 2.87 bits per heavy atom. The first-order valence-corrected chi connectivity index (χ1v) is 7.56. The molecular weight excluding hydrogens is 300 g/mol. The smallest absolute Gasteiger partial charge is 0.287 e. The number of nitriles is 1. The first-order valence-electron chi connectivity index (χ1n) is 7.56. The van der Waals surface area contributed by atoms with Crippen LogP contribution >= 0.6 is 0 Å². The quantitative estimate of drug-likeness (QED) is 0.616. The number of hydrogen-bond acceptors (Lipinski definition) is 5. The molecule has 0 N–H and O–H groups in total. The number of rotatable bonds is 4. The van der Waals surface area contributed by atoms with Crippen LogP contribution < -0.4 is 5.56 Å². The van der Waals surface area contributed by atoms with Crippen LogP contribution in [0.15, 0.2) is 17.1 Å². The highest BCUT2D eigenvalue weighted by Crippen LogP contribution is 2.20. The number of nitrogens with zero attached hydrogens (tertiary/aromatic N) is 4. The Morgan fingerprint density at radius 2 is 2.26 bits per heavy atom. The van der Waals surface area contributed by atoms with Gasteiger partial charge in [-0.05, 0) is 25.7 Å². The van der Waals surface area contributed by atoms with E-state index in [0.717, 1.165) is 42.5 Å². The van der Waals surface area contributed by atoms with E-state index in [-0.39, 0.29) is 29.7 Å². The van der Waals surface area contributed by atoms with Gasteiger partial charge in [-0.1, -0.05) is 6.92 Å². The standard InChI is InChI=1S/C15H18N4O4/c1-2-12-5-3-4-6-18(12)14(20)10-17-9-13(19(22)23)7-11(8-16)15(17)21/h7,9,12H,2-6,10H2,1H3/t12-/m0/s1. The molecule has 8 nitrogen and oxygen atoms in total. The van der Waals surface area contributed by atoms with E-state index in [2.05, 4.69) is 0 Å². The van der Waals surface area contributed by atoms with Gasteiger partial charge in [0.15, 0.2) is 0 Å². The van der Waals surface area contributed by atoms with Crippen LogP contribution in [-0.2, 0) is 11.3 Å². The van der Waals surface area contributed by atoms with Gasteiger partial charge in [0.1, 0.15) is 18.2 Å². The summed E-state index contributed by atoms with van der Waals surface area (Å²) in [6, 6.07) is 2.71. The van der Waals surface area contributed by atoms with Crippen molar-refractivity contribution in [2.24, 2.45) is 0 Å². The van der Waals surface area contributed by atoms with Gasteiger partial charge in [0, 0.05) is 18.7 Å². The third kappa shape index (κ3) is 3.56. The van der Waals surface area contributed by atoms with Gasteiger partial charge in [-0.3, -0.25) is 24.3 Å². The highest BCUT2D eigenvalue weighted by molar-refractivity contribution is 5.76. The lowest BCUT2D eigenvalue weighted by molar-refractivity contribution is -0.385. The molecule has 0 unspecified atom stereocenters. The molecule has 2 rings (SSSR count). The van der Waals surface area contributed by atoms with Crippen LogP contribution in [0.1, 0.15) is 38.2 Å². The van der Waals surface area contributed by atoms with E-state index in [1.165, 1.54) is 0 Å². The van der Waals surface area contributed by atoms with E-state index >= 15 is 0 Å². The average molecular weight is 318 g/mol. The Balaban J connectivity index is 2.30. The van der Waals surface area contributed by atoms with Crippen molar-refractivity contribution in [2.75, 3.05) is 6.54 Å². The molecular formula is C15H18N4O4. The second-order valence-electron chi connectivity index (χ2n) is 5.56. The molecule has 1 aromatic heterocycles. The number of nitro groups is 1. The zero-order valence-corrected chi connectivity index (χ0v) is 12.9. The predicted molar refractivity (Wildman–Crippen MR) is 81.7 cm³/mol. The minimum Gasteiger partial charge on any atom is -0.338 e. The Morgan fingerprint density at radius 1 is 1.52 bits per heavy atom. The SMILES string of the molecule is CC[C@H]1CCCCN1C(=O)Cn1cc([N+](=O)[O-])cc(C#N)c1=O. The zero-order valence-electron chi connectivity index (χ0n) is 12.9. The topological polar surface area (TPSA) is 109 Å². The Hall–Kier alpha value is -2.69. The van der Waals surface area contributed by atoms with Crippen LogP contribution in [0.3, 0.4) is 0 Å². The maximum atomic E-state index is 12.5. The summed E-state index contributed by atoms with van der Waals surface area (Å²) in [6.07, 6.45) is 4.76. The molecule has 1 saturated heterocycles. The lowest BCUT2D eigenvalue weighted by Gasteiger charge is -2.35. The average Bonchev–Trinajstić information content (AvgIpc) is 2.56. The molecule has 2 heterocycles. The Kier molecular flexibility index (Phi) is 5.11. The summed E-state index contributed by atoms with van der Waals surface area (Å²) in [5.74, 6) is -0.247. The number of hydrogen-bond donors (Lipinski definition) is 0. The molecule has 1 aliphatic rings. The molecule has 0 bridgehead atoms. The van der Waals surface area contributed by atoms with Gasteiger partial charge in [0.2, 0.25) is 5.91 Å². The molecule has 122 valence electrons. The molecule has 1 aliphatic heterocycles. The maximum Gasteiger partial charge on any atom is 0.287 e. The summed E-state index contributed by atoms with van der Waals surface area (Å²) in [4.78, 5) is 36.5. The van der Waals surface area contributed by atoms with E-state index in [9.17, 15) is 19.7 Å². The minimum atomic E-state index is -0.684. The number of carbonyl (C=O) groups excluding carboxylic acids is 1. The van der Waals surface area contributed by atoms with Crippen molar-refractivity contribution in [1.82, 2.24) is 9.47 Å². The second-order valence-corrected chi connectivity index (χ2v) is 5.56. The van der Waals surface area contributed by atoms with Gasteiger partial charge in [0.25, 0.3) is 11.2 Å². The fourth-order valence-corrected chi connectivity index (χ4v) is 2.91. The van der Waals surface area contributed by atoms with Gasteiger partial charge in [-0.2, -0.15) is 5.26 Å². The highest BCUT2D eigenvalue weighted by atomic mass is 16.6. The first kappa shape index (κ1) is 16.7. The predicted octanol–water partition coefficient (Wildman–Crippen LogP) is 1.42. The Bertz CT molecular complexity index is 719. The van der Waals surface area contributed by atoms with Gasteiger partial charge < -0.3 is 4.90 Å². The summed E-state index contributed by atoms with van der Waals surface area (Å²) in [7, 11) is 0. The molecule has 0 spiro atoms. The van der Waals surface area contributed by atoms with E-state index in [1.807, 2.05) is 6.92 Å². The van der Waals surface area contributed by atoms with Crippen molar-refractivity contribution in [3.05, 3.63) is 38.3 Å². The summed E-state index contributed by atoms with van der Waals surface area (Å²) in [6.45, 7) is 2.35. The fourth-order valence-electron chi connectivity index (χ4n) is 2.91. The molecule has 23 heavy (non-hydrogen) atoms. The summed E-state index contributed by atoms with van der Waals surface area (Å²) >= 11 is 0. The molecule has 0 saturated carbocycles. The van der Waals surface area contributed by atoms with E-state index in [0.29, 0.717) is 6.54 Å². The number of piperidine rings is 1. The third-order valence-corrected chi connectivity index (χ3v) is 4.13. The molecule has 8 heteroatoms. The van der Waals surface area contributed by atoms with Crippen LogP contribution in [0.5, 0.6) is 0 Å². The van der Waals surface area contributed by atoms with Crippen molar-refractivity contribution < 1.29 is 9.72 Å². The number of likely N-dealkylation sites (tertiary alicyclic amines) is 1. The van der Waals surface area contributed by atoms with E-state index < -0.39 is 10.5 Å². The largest absolute Gasteiger partial charge is 0.338 e. The van der Waals surface area contributed by atoms with Crippen molar-refractivity contribution in [1.29, 1.82) is 5.26 Å². The second kappa shape index (κ2) is 7.05. The minimum absolute atomic E-state index is 0.140. The summed E-state index contributed by atoms with van der Waals surface area (Å²) in [5.41, 5.74) is -1.39. The lowest BCUT2D eigenvalue weighted by atomic mass is 10.00. The van der Waals surface area contributed by atoms with Crippen molar-refractivity contribution in [3.8, 4) is 6.07 Å². The van der Waals surface area contributed by atoms with Gasteiger partial charge >= 0.3 is 0 Å². The fraction of sp³-hybridized carbons (Fsp3) is 0.533. The van der Waals surface area contributed by atoms with Gasteiger partial charge in [0.05, 0.1) is 11.1 Å². The number of pyridine rings is 1. The monoisotopic (exact) mass is 318 g/mol. The molecule has 1 fully saturated rings. The zero-order chi connectivity index (χ0) is 17.0. The number of amides is 1. The van der Waals surface area contributed by atoms with Crippen molar-refractivity contribution in [3.63, 3.8) is 0 Å². The Labute approximate surface area is 133 Å². The van der Waals surface area contributed by atoms with Crippen LogP contribution in [0.4, 0.5) is 5.69 Å². The molecule has 0 aliphatic carbocycles. The molecule has 0 radical (unpaired) electrons. The first-order chi connectivity index (χ1) is 11.0. The molecule has 0 aromatic carbocycles. The van der Waals surface area contributed by atoms with Gasteiger partial charge in [-0.15, -0.1) is 0 Å². The lowest BCUT2D eigenvalue weighted by Crippen LogP contribution is -2.45.